The van der Waals surface area contributed by atoms with Crippen LogP contribution in [0.15, 0.2) is 54.6 Å². The van der Waals surface area contributed by atoms with Crippen molar-refractivity contribution < 1.29 is 27.5 Å². The molecule has 0 fully saturated rings. The Labute approximate surface area is 168 Å². The molecule has 0 saturated heterocycles. The Morgan fingerprint density at radius 2 is 1.76 bits per heavy atom. The number of alkyl halides is 3. The second kappa shape index (κ2) is 10.6. The molecule has 2 atom stereocenters. The van der Waals surface area contributed by atoms with Crippen molar-refractivity contribution >= 4 is 12.4 Å². The second-order valence-electron chi connectivity index (χ2n) is 6.75. The Hall–Kier alpha value is -2.83. The number of alkyl carbamates (subject to hydrolysis) is 1. The third-order valence-electron chi connectivity index (χ3n) is 4.58. The molecule has 29 heavy (non-hydrogen) atoms. The number of amides is 1. The van der Waals surface area contributed by atoms with E-state index >= 15 is 0 Å². The lowest BCUT2D eigenvalue weighted by Crippen LogP contribution is -2.34. The van der Waals surface area contributed by atoms with Crippen molar-refractivity contribution in [2.75, 3.05) is 0 Å². The van der Waals surface area contributed by atoms with Crippen molar-refractivity contribution in [2.24, 2.45) is 5.92 Å². The van der Waals surface area contributed by atoms with Gasteiger partial charge in [0.25, 0.3) is 0 Å². The van der Waals surface area contributed by atoms with E-state index in [0.717, 1.165) is 36.8 Å². The van der Waals surface area contributed by atoms with Crippen molar-refractivity contribution in [1.29, 1.82) is 0 Å². The number of ether oxygens (including phenoxy) is 1. The molecule has 0 aliphatic heterocycles. The third-order valence-corrected chi connectivity index (χ3v) is 4.58. The van der Waals surface area contributed by atoms with Gasteiger partial charge in [0, 0.05) is 5.92 Å². The molecule has 2 aromatic rings. The summed E-state index contributed by atoms with van der Waals surface area (Å²) in [5.41, 5.74) is 0.428. The fourth-order valence-electron chi connectivity index (χ4n) is 2.96. The topological polar surface area (TPSA) is 55.4 Å². The molecule has 1 N–H and O–H groups in total. The van der Waals surface area contributed by atoms with Gasteiger partial charge >= 0.3 is 12.3 Å². The molecule has 1 amide bonds. The standard InChI is InChI=1S/C22H24F3NO3/c1-2-3-9-18(14-27)20(17-10-12-19(13-11-17)22(23,24)25)26-21(28)29-15-16-7-5-4-6-8-16/h4-8,10-14,18,20H,2-3,9,15H2,1H3,(H,26,28)/t18-,20-/m1/s1. The van der Waals surface area contributed by atoms with Gasteiger partial charge in [0.05, 0.1) is 11.6 Å². The van der Waals surface area contributed by atoms with E-state index in [2.05, 4.69) is 5.32 Å². The van der Waals surface area contributed by atoms with E-state index < -0.39 is 29.8 Å². The van der Waals surface area contributed by atoms with Gasteiger partial charge in [-0.25, -0.2) is 4.79 Å². The molecule has 0 aromatic heterocycles. The van der Waals surface area contributed by atoms with Crippen LogP contribution in [0.3, 0.4) is 0 Å². The smallest absolute Gasteiger partial charge is 0.416 e. The first-order valence-corrected chi connectivity index (χ1v) is 9.44. The summed E-state index contributed by atoms with van der Waals surface area (Å²) in [5.74, 6) is -0.573. The lowest BCUT2D eigenvalue weighted by atomic mass is 9.89. The quantitative estimate of drug-likeness (QED) is 0.544. The number of halogens is 3. The van der Waals surface area contributed by atoms with Gasteiger partial charge in [0.15, 0.2) is 0 Å². The van der Waals surface area contributed by atoms with Crippen molar-refractivity contribution in [3.63, 3.8) is 0 Å². The molecular weight excluding hydrogens is 383 g/mol. The number of rotatable bonds is 9. The summed E-state index contributed by atoms with van der Waals surface area (Å²) in [6, 6.07) is 12.8. The summed E-state index contributed by atoms with van der Waals surface area (Å²) in [6.45, 7) is 2.02. The summed E-state index contributed by atoms with van der Waals surface area (Å²) in [7, 11) is 0. The van der Waals surface area contributed by atoms with Gasteiger partial charge in [-0.05, 0) is 29.7 Å². The van der Waals surface area contributed by atoms with Crippen LogP contribution in [0.5, 0.6) is 0 Å². The minimum atomic E-state index is -4.46. The first-order chi connectivity index (χ1) is 13.8. The predicted molar refractivity (Wildman–Crippen MR) is 103 cm³/mol. The minimum Gasteiger partial charge on any atom is -0.445 e. The fourth-order valence-corrected chi connectivity index (χ4v) is 2.96. The van der Waals surface area contributed by atoms with Gasteiger partial charge in [-0.2, -0.15) is 13.2 Å². The number of nitrogens with one attached hydrogen (secondary N) is 1. The maximum absolute atomic E-state index is 12.8. The zero-order valence-electron chi connectivity index (χ0n) is 16.1. The van der Waals surface area contributed by atoms with Crippen molar-refractivity contribution in [3.8, 4) is 0 Å². The molecule has 2 aromatic carbocycles. The van der Waals surface area contributed by atoms with Crippen LogP contribution in [0, 0.1) is 5.92 Å². The zero-order chi connectivity index (χ0) is 21.3. The highest BCUT2D eigenvalue weighted by molar-refractivity contribution is 5.69. The zero-order valence-corrected chi connectivity index (χ0v) is 16.1. The maximum atomic E-state index is 12.8. The summed E-state index contributed by atoms with van der Waals surface area (Å²) in [4.78, 5) is 23.9. The lowest BCUT2D eigenvalue weighted by molar-refractivity contribution is -0.137. The highest BCUT2D eigenvalue weighted by Crippen LogP contribution is 2.32. The van der Waals surface area contributed by atoms with E-state index in [0.29, 0.717) is 12.0 Å². The van der Waals surface area contributed by atoms with Crippen LogP contribution in [0.1, 0.15) is 48.9 Å². The van der Waals surface area contributed by atoms with E-state index in [9.17, 15) is 22.8 Å². The van der Waals surface area contributed by atoms with E-state index in [4.69, 9.17) is 4.74 Å². The SMILES string of the molecule is CCCC[C@H](C=O)[C@H](NC(=O)OCc1ccccc1)c1ccc(C(F)(F)F)cc1. The molecule has 7 heteroatoms. The van der Waals surface area contributed by atoms with Gasteiger partial charge in [-0.3, -0.25) is 0 Å². The van der Waals surface area contributed by atoms with Crippen molar-refractivity contribution in [2.45, 2.75) is 45.0 Å². The summed E-state index contributed by atoms with van der Waals surface area (Å²) < 4.78 is 43.7. The number of benzene rings is 2. The number of unbranched alkanes of at least 4 members (excludes halogenated alkanes) is 1. The Morgan fingerprint density at radius 3 is 2.31 bits per heavy atom. The Morgan fingerprint density at radius 1 is 1.10 bits per heavy atom. The van der Waals surface area contributed by atoms with E-state index in [-0.39, 0.29) is 6.61 Å². The molecular formula is C22H24F3NO3. The number of hydrogen-bond acceptors (Lipinski definition) is 3. The van der Waals surface area contributed by atoms with Crippen LogP contribution < -0.4 is 5.32 Å². The monoisotopic (exact) mass is 407 g/mol. The van der Waals surface area contributed by atoms with Crippen LogP contribution in [-0.4, -0.2) is 12.4 Å². The predicted octanol–water partition coefficient (Wildman–Crippen LogP) is 5.68. The second-order valence-corrected chi connectivity index (χ2v) is 6.75. The van der Waals surface area contributed by atoms with Crippen LogP contribution in [0.4, 0.5) is 18.0 Å². The molecule has 4 nitrogen and oxygen atoms in total. The van der Waals surface area contributed by atoms with Gasteiger partial charge in [0.2, 0.25) is 0 Å². The lowest BCUT2D eigenvalue weighted by Gasteiger charge is -2.25. The van der Waals surface area contributed by atoms with Gasteiger partial charge in [-0.15, -0.1) is 0 Å². The number of aldehydes is 1. The molecule has 0 saturated carbocycles. The van der Waals surface area contributed by atoms with Crippen LogP contribution in [0.2, 0.25) is 0 Å². The number of carbonyl (C=O) groups excluding carboxylic acids is 2. The fraction of sp³-hybridized carbons (Fsp3) is 0.364. The average Bonchev–Trinajstić information content (AvgIpc) is 2.72. The number of carbonyl (C=O) groups is 2. The molecule has 156 valence electrons. The first kappa shape index (κ1) is 22.5. The molecule has 0 unspecified atom stereocenters. The third kappa shape index (κ3) is 6.93. The molecule has 0 radical (unpaired) electrons. The maximum Gasteiger partial charge on any atom is 0.416 e. The normalized spacial score (nSPS) is 13.4. The highest BCUT2D eigenvalue weighted by atomic mass is 19.4. The molecule has 0 bridgehead atoms. The van der Waals surface area contributed by atoms with Gasteiger partial charge in [-0.1, -0.05) is 62.2 Å². The van der Waals surface area contributed by atoms with Crippen molar-refractivity contribution in [1.82, 2.24) is 5.32 Å². The first-order valence-electron chi connectivity index (χ1n) is 9.44. The molecule has 0 heterocycles. The van der Waals surface area contributed by atoms with E-state index in [1.807, 2.05) is 25.1 Å². The van der Waals surface area contributed by atoms with E-state index in [1.54, 1.807) is 12.1 Å². The minimum absolute atomic E-state index is 0.0487. The van der Waals surface area contributed by atoms with Crippen LogP contribution in [0.25, 0.3) is 0 Å². The van der Waals surface area contributed by atoms with E-state index in [1.165, 1.54) is 12.1 Å². The molecule has 0 aliphatic rings. The molecule has 0 spiro atoms. The summed E-state index contributed by atoms with van der Waals surface area (Å²) >= 11 is 0. The average molecular weight is 407 g/mol. The molecule has 2 rings (SSSR count). The summed E-state index contributed by atoms with van der Waals surface area (Å²) in [6.07, 6.45) is -2.35. The van der Waals surface area contributed by atoms with Crippen molar-refractivity contribution in [3.05, 3.63) is 71.3 Å². The Bertz CT molecular complexity index is 776. The largest absolute Gasteiger partial charge is 0.445 e. The highest BCUT2D eigenvalue weighted by Gasteiger charge is 2.31. The van der Waals surface area contributed by atoms with Crippen LogP contribution >= 0.6 is 0 Å². The summed E-state index contributed by atoms with van der Waals surface area (Å²) in [5, 5.41) is 2.65. The number of hydrogen-bond donors (Lipinski definition) is 1. The Kier molecular flexibility index (Phi) is 8.24. The van der Waals surface area contributed by atoms with Gasteiger partial charge < -0.3 is 14.8 Å². The molecule has 0 aliphatic carbocycles. The van der Waals surface area contributed by atoms with Gasteiger partial charge in [0.1, 0.15) is 12.9 Å². The Balaban J connectivity index is 2.15. The van der Waals surface area contributed by atoms with Crippen LogP contribution in [-0.2, 0) is 22.3 Å².